The maximum absolute atomic E-state index is 14.0. The number of rotatable bonds is 18. The van der Waals surface area contributed by atoms with Gasteiger partial charge in [-0.25, -0.2) is 0 Å². The predicted molar refractivity (Wildman–Crippen MR) is 265 cm³/mol. The van der Waals surface area contributed by atoms with E-state index in [1.165, 1.54) is 5.56 Å². The SMILES string of the molecule is CC(C)(C)c1ccc(-c2ccc(C(CC(=O)NCCS(=O)(=O)O)CC(=O)O[C@H]3CC[C@H]4[C@@H]5CC[C@H]6C[C@@H](OC(=O)CC(CC(=O)NCCS(=O)(=O)O)C(C)(C)C)CC[C@]6(C)[C@H]5CC[C@]34C)cc2)cc1. The molecule has 16 heteroatoms. The molecule has 4 saturated carbocycles. The van der Waals surface area contributed by atoms with Gasteiger partial charge in [0.1, 0.15) is 12.2 Å². The van der Waals surface area contributed by atoms with Crippen molar-refractivity contribution in [2.75, 3.05) is 24.6 Å². The van der Waals surface area contributed by atoms with Gasteiger partial charge in [-0.2, -0.15) is 16.8 Å². The van der Waals surface area contributed by atoms with Gasteiger partial charge in [-0.05, 0) is 126 Å². The van der Waals surface area contributed by atoms with Crippen LogP contribution in [0.5, 0.6) is 0 Å². The smallest absolute Gasteiger partial charge is 0.306 e. The molecule has 384 valence electrons. The van der Waals surface area contributed by atoms with Crippen molar-refractivity contribution in [3.05, 3.63) is 59.7 Å². The van der Waals surface area contributed by atoms with Crippen molar-refractivity contribution in [1.29, 1.82) is 0 Å². The number of carbonyl (C=O) groups excluding carboxylic acids is 4. The number of nitrogens with one attached hydrogen (secondary N) is 2. The van der Waals surface area contributed by atoms with Crippen LogP contribution in [0.3, 0.4) is 0 Å². The molecule has 2 aromatic rings. The third-order valence-electron chi connectivity index (χ3n) is 16.8. The Balaban J connectivity index is 1.06. The lowest BCUT2D eigenvalue weighted by Crippen LogP contribution is -2.55. The maximum atomic E-state index is 14.0. The van der Waals surface area contributed by atoms with E-state index in [-0.39, 0.29) is 96.4 Å². The van der Waals surface area contributed by atoms with Crippen LogP contribution < -0.4 is 10.6 Å². The van der Waals surface area contributed by atoms with Crippen molar-refractivity contribution >= 4 is 44.0 Å². The summed E-state index contributed by atoms with van der Waals surface area (Å²) in [6.45, 7) is 16.7. The number of amides is 2. The normalized spacial score (nSPS) is 28.0. The van der Waals surface area contributed by atoms with Gasteiger partial charge in [0.25, 0.3) is 20.2 Å². The summed E-state index contributed by atoms with van der Waals surface area (Å²) in [5.41, 5.74) is 3.62. The largest absolute Gasteiger partial charge is 0.462 e. The fourth-order valence-electron chi connectivity index (χ4n) is 12.6. The van der Waals surface area contributed by atoms with Crippen LogP contribution in [0, 0.1) is 45.8 Å². The minimum Gasteiger partial charge on any atom is -0.462 e. The van der Waals surface area contributed by atoms with E-state index in [0.29, 0.717) is 23.7 Å². The molecule has 69 heavy (non-hydrogen) atoms. The van der Waals surface area contributed by atoms with Gasteiger partial charge in [0.2, 0.25) is 11.8 Å². The molecule has 6 rings (SSSR count). The summed E-state index contributed by atoms with van der Waals surface area (Å²) in [6.07, 6.45) is 7.91. The Labute approximate surface area is 411 Å². The van der Waals surface area contributed by atoms with Crippen LogP contribution in [-0.4, -0.2) is 86.5 Å². The lowest BCUT2D eigenvalue weighted by atomic mass is 9.45. The summed E-state index contributed by atoms with van der Waals surface area (Å²) in [7, 11) is -8.46. The van der Waals surface area contributed by atoms with E-state index in [9.17, 15) is 40.6 Å². The number of benzene rings is 2. The van der Waals surface area contributed by atoms with Gasteiger partial charge < -0.3 is 20.1 Å². The predicted octanol–water partition coefficient (Wildman–Crippen LogP) is 8.83. The molecule has 0 saturated heterocycles. The molecule has 0 spiro atoms. The third-order valence-corrected chi connectivity index (χ3v) is 18.3. The zero-order chi connectivity index (χ0) is 50.7. The molecule has 0 bridgehead atoms. The molecule has 0 radical (unpaired) electrons. The van der Waals surface area contributed by atoms with Gasteiger partial charge >= 0.3 is 11.9 Å². The van der Waals surface area contributed by atoms with Crippen molar-refractivity contribution in [3.63, 3.8) is 0 Å². The van der Waals surface area contributed by atoms with E-state index >= 15 is 0 Å². The van der Waals surface area contributed by atoms with Crippen molar-refractivity contribution in [1.82, 2.24) is 10.6 Å². The third kappa shape index (κ3) is 14.2. The Bertz CT molecular complexity index is 2370. The number of ether oxygens (including phenoxy) is 2. The fraction of sp³-hybridized carbons (Fsp3) is 0.698. The Morgan fingerprint density at radius 2 is 1.19 bits per heavy atom. The van der Waals surface area contributed by atoms with E-state index in [2.05, 4.69) is 69.5 Å². The molecule has 4 N–H and O–H groups in total. The van der Waals surface area contributed by atoms with Gasteiger partial charge in [-0.1, -0.05) is 104 Å². The van der Waals surface area contributed by atoms with Crippen molar-refractivity contribution in [2.24, 2.45) is 45.8 Å². The first-order valence-electron chi connectivity index (χ1n) is 25.1. The van der Waals surface area contributed by atoms with E-state index < -0.39 is 43.6 Å². The van der Waals surface area contributed by atoms with E-state index in [4.69, 9.17) is 14.0 Å². The fourth-order valence-corrected chi connectivity index (χ4v) is 13.4. The van der Waals surface area contributed by atoms with Crippen LogP contribution >= 0.6 is 0 Å². The second kappa shape index (κ2) is 21.5. The summed E-state index contributed by atoms with van der Waals surface area (Å²) < 4.78 is 75.6. The Hall–Kier alpha value is -3.86. The zero-order valence-corrected chi connectivity index (χ0v) is 43.7. The Morgan fingerprint density at radius 3 is 1.75 bits per heavy atom. The molecule has 0 heterocycles. The topological polar surface area (TPSA) is 220 Å². The van der Waals surface area contributed by atoms with Crippen LogP contribution in [0.15, 0.2) is 48.5 Å². The Morgan fingerprint density at radius 1 is 0.652 bits per heavy atom. The van der Waals surface area contributed by atoms with E-state index in [0.717, 1.165) is 74.5 Å². The molecule has 0 aromatic heterocycles. The van der Waals surface area contributed by atoms with Crippen LogP contribution in [0.2, 0.25) is 0 Å². The standard InChI is InChI=1S/C53H78N2O12S2/c1-50(2,3)38-15-13-35(14-16-38)34-9-11-36(12-10-34)37(29-46(56)54-25-27-68(60,61)62)30-48(58)67-45-20-19-43-42-18-17-39-31-41(21-23-52(39,7)44(42)22-24-53(43,45)8)66-49(59)33-40(51(4,5)6)32-47(57)55-26-28-69(63,64)65/h9-16,37,39-45H,17-33H2,1-8H3,(H,54,56)(H,55,57)(H,60,61,62)(H,63,64,65)/t37?,39-,40?,41-,42-,43-,44-,45-,52-,53-/m0/s1. The second-order valence-electron chi connectivity index (χ2n) is 23.4. The van der Waals surface area contributed by atoms with Crippen molar-refractivity contribution in [2.45, 2.75) is 162 Å². The molecule has 2 amide bonds. The number of carbonyl (C=O) groups is 4. The summed E-state index contributed by atoms with van der Waals surface area (Å²) in [4.78, 5) is 53.3. The molecule has 4 aliphatic rings. The minimum atomic E-state index is -4.26. The molecule has 2 unspecified atom stereocenters. The molecule has 14 nitrogen and oxygen atoms in total. The van der Waals surface area contributed by atoms with Gasteiger partial charge in [-0.3, -0.25) is 28.3 Å². The van der Waals surface area contributed by atoms with Crippen LogP contribution in [0.4, 0.5) is 0 Å². The van der Waals surface area contributed by atoms with Crippen LogP contribution in [0.25, 0.3) is 11.1 Å². The van der Waals surface area contributed by atoms with Gasteiger partial charge in [0.15, 0.2) is 0 Å². The first-order chi connectivity index (χ1) is 32.0. The van der Waals surface area contributed by atoms with Gasteiger partial charge in [-0.15, -0.1) is 0 Å². The molecular formula is C53H78N2O12S2. The molecule has 2 aromatic carbocycles. The molecule has 0 aliphatic heterocycles. The lowest BCUT2D eigenvalue weighted by Gasteiger charge is -2.60. The summed E-state index contributed by atoms with van der Waals surface area (Å²) in [6, 6.07) is 16.3. The monoisotopic (exact) mass is 998 g/mol. The quantitative estimate of drug-likeness (QED) is 0.0813. The summed E-state index contributed by atoms with van der Waals surface area (Å²) in [5, 5.41) is 5.12. The van der Waals surface area contributed by atoms with Gasteiger partial charge in [0.05, 0.1) is 17.9 Å². The number of esters is 2. The Kier molecular flexibility index (Phi) is 16.9. The average Bonchev–Trinajstić information content (AvgIpc) is 3.57. The highest BCUT2D eigenvalue weighted by atomic mass is 32.2. The lowest BCUT2D eigenvalue weighted by molar-refractivity contribution is -0.170. The minimum absolute atomic E-state index is 0.0218. The highest BCUT2D eigenvalue weighted by Crippen LogP contribution is 2.66. The highest BCUT2D eigenvalue weighted by Gasteiger charge is 2.61. The van der Waals surface area contributed by atoms with Gasteiger partial charge in [0, 0.05) is 43.7 Å². The van der Waals surface area contributed by atoms with Crippen LogP contribution in [-0.2, 0) is 54.3 Å². The number of hydrogen-bond donors (Lipinski definition) is 4. The molecule has 4 fully saturated rings. The maximum Gasteiger partial charge on any atom is 0.306 e. The second-order valence-corrected chi connectivity index (χ2v) is 26.6. The van der Waals surface area contributed by atoms with Crippen molar-refractivity contribution in [3.8, 4) is 11.1 Å². The highest BCUT2D eigenvalue weighted by molar-refractivity contribution is 7.86. The number of hydrogen-bond acceptors (Lipinski definition) is 10. The zero-order valence-electron chi connectivity index (χ0n) is 42.1. The average molecular weight is 999 g/mol. The first kappa shape index (κ1) is 54.5. The molecule has 4 aliphatic carbocycles. The summed E-state index contributed by atoms with van der Waals surface area (Å²) >= 11 is 0. The molecule has 10 atom stereocenters. The van der Waals surface area contributed by atoms with Crippen LogP contribution in [0.1, 0.15) is 156 Å². The van der Waals surface area contributed by atoms with E-state index in [1.807, 2.05) is 45.0 Å². The first-order valence-corrected chi connectivity index (χ1v) is 28.3. The van der Waals surface area contributed by atoms with Crippen molar-refractivity contribution < 1.29 is 54.6 Å². The van der Waals surface area contributed by atoms with E-state index in [1.54, 1.807) is 0 Å². The summed E-state index contributed by atoms with van der Waals surface area (Å²) in [5.74, 6) is -1.73. The molecular weight excluding hydrogens is 921 g/mol. The number of fused-ring (bicyclic) bond motifs is 5.